The van der Waals surface area contributed by atoms with Crippen LogP contribution in [0.15, 0.2) is 24.4 Å². The first-order valence-corrected chi connectivity index (χ1v) is 8.82. The van der Waals surface area contributed by atoms with Crippen LogP contribution in [0, 0.1) is 12.8 Å². The van der Waals surface area contributed by atoms with Crippen LogP contribution in [0.4, 0.5) is 4.79 Å². The highest BCUT2D eigenvalue weighted by atomic mass is 16.6. The summed E-state index contributed by atoms with van der Waals surface area (Å²) >= 11 is 0. The second kappa shape index (κ2) is 8.77. The normalized spacial score (nSPS) is 13.1. The highest BCUT2D eigenvalue weighted by Gasteiger charge is 2.21. The standard InChI is InChI=1S/C19H27N5O3/c1-12(2)10-19(4,20)11-26-16-7-6-14(23-13(16)3)15-8-9-22-17(24-15)27-18(25)21-5/h6-9,12H,10-11,20H2,1-5H3,(H,21,25)/t19-/m0/s1. The van der Waals surface area contributed by atoms with Gasteiger partial charge in [0.1, 0.15) is 12.4 Å². The fourth-order valence-corrected chi connectivity index (χ4v) is 2.74. The summed E-state index contributed by atoms with van der Waals surface area (Å²) in [5.41, 5.74) is 7.78. The van der Waals surface area contributed by atoms with E-state index in [0.717, 1.165) is 12.1 Å². The smallest absolute Gasteiger partial charge is 0.414 e. The van der Waals surface area contributed by atoms with Crippen molar-refractivity contribution in [3.63, 3.8) is 0 Å². The van der Waals surface area contributed by atoms with Gasteiger partial charge in [0.05, 0.1) is 17.1 Å². The molecular weight excluding hydrogens is 346 g/mol. The van der Waals surface area contributed by atoms with Gasteiger partial charge in [0.15, 0.2) is 0 Å². The lowest BCUT2D eigenvalue weighted by atomic mass is 9.93. The summed E-state index contributed by atoms with van der Waals surface area (Å²) in [7, 11) is 1.46. The maximum atomic E-state index is 11.3. The minimum atomic E-state index is -0.633. The second-order valence-electron chi connectivity index (χ2n) is 7.18. The molecule has 0 saturated heterocycles. The van der Waals surface area contributed by atoms with Crippen molar-refractivity contribution in [3.8, 4) is 23.1 Å². The van der Waals surface area contributed by atoms with E-state index in [1.807, 2.05) is 19.9 Å². The molecule has 3 N–H and O–H groups in total. The number of nitrogens with one attached hydrogen (secondary N) is 1. The first-order valence-electron chi connectivity index (χ1n) is 8.82. The molecule has 0 unspecified atom stereocenters. The van der Waals surface area contributed by atoms with E-state index in [4.69, 9.17) is 15.2 Å². The van der Waals surface area contributed by atoms with Crippen molar-refractivity contribution in [3.05, 3.63) is 30.1 Å². The third-order valence-electron chi connectivity index (χ3n) is 3.75. The van der Waals surface area contributed by atoms with Crippen molar-refractivity contribution in [2.45, 2.75) is 39.7 Å². The molecule has 146 valence electrons. The average Bonchev–Trinajstić information content (AvgIpc) is 2.59. The minimum Gasteiger partial charge on any atom is -0.490 e. The molecule has 8 heteroatoms. The molecule has 0 aliphatic heterocycles. The summed E-state index contributed by atoms with van der Waals surface area (Å²) in [6.45, 7) is 8.52. The fourth-order valence-electron chi connectivity index (χ4n) is 2.74. The number of nitrogens with zero attached hydrogens (tertiary/aromatic N) is 3. The Bertz CT molecular complexity index is 793. The van der Waals surface area contributed by atoms with Crippen molar-refractivity contribution >= 4 is 6.09 Å². The molecular formula is C19H27N5O3. The topological polar surface area (TPSA) is 112 Å². The van der Waals surface area contributed by atoms with E-state index in [1.165, 1.54) is 13.2 Å². The first-order chi connectivity index (χ1) is 12.7. The van der Waals surface area contributed by atoms with E-state index < -0.39 is 11.6 Å². The van der Waals surface area contributed by atoms with Gasteiger partial charge in [-0.05, 0) is 44.4 Å². The van der Waals surface area contributed by atoms with Crippen LogP contribution in [0.3, 0.4) is 0 Å². The van der Waals surface area contributed by atoms with Crippen LogP contribution < -0.4 is 20.5 Å². The van der Waals surface area contributed by atoms with Gasteiger partial charge in [-0.2, -0.15) is 4.98 Å². The lowest BCUT2D eigenvalue weighted by molar-refractivity contribution is 0.199. The van der Waals surface area contributed by atoms with E-state index in [-0.39, 0.29) is 6.01 Å². The molecule has 0 aliphatic rings. The Morgan fingerprint density at radius 1 is 1.26 bits per heavy atom. The zero-order valence-electron chi connectivity index (χ0n) is 16.4. The highest BCUT2D eigenvalue weighted by molar-refractivity contribution is 5.69. The third-order valence-corrected chi connectivity index (χ3v) is 3.75. The first kappa shape index (κ1) is 20.6. The minimum absolute atomic E-state index is 0.0424. The third kappa shape index (κ3) is 6.18. The number of ether oxygens (including phenoxy) is 2. The average molecular weight is 373 g/mol. The molecule has 2 aromatic rings. The predicted octanol–water partition coefficient (Wildman–Crippen LogP) is 2.71. The molecule has 0 aliphatic carbocycles. The summed E-state index contributed by atoms with van der Waals surface area (Å²) < 4.78 is 10.8. The van der Waals surface area contributed by atoms with Crippen molar-refractivity contribution in [2.24, 2.45) is 11.7 Å². The Balaban J connectivity index is 2.12. The van der Waals surface area contributed by atoms with E-state index in [0.29, 0.717) is 29.7 Å². The summed E-state index contributed by atoms with van der Waals surface area (Å²) in [6, 6.07) is 5.28. The zero-order valence-corrected chi connectivity index (χ0v) is 16.4. The zero-order chi connectivity index (χ0) is 20.0. The molecule has 0 bridgehead atoms. The molecule has 0 saturated carbocycles. The van der Waals surface area contributed by atoms with Gasteiger partial charge in [-0.3, -0.25) is 0 Å². The SMILES string of the molecule is CNC(=O)Oc1nccc(-c2ccc(OC[C@@](C)(N)CC(C)C)c(C)n2)n1. The maximum absolute atomic E-state index is 11.3. The van der Waals surface area contributed by atoms with Crippen molar-refractivity contribution in [1.29, 1.82) is 0 Å². The summed E-state index contributed by atoms with van der Waals surface area (Å²) in [5.74, 6) is 1.17. The van der Waals surface area contributed by atoms with Crippen molar-refractivity contribution in [2.75, 3.05) is 13.7 Å². The Morgan fingerprint density at radius 3 is 2.59 bits per heavy atom. The van der Waals surface area contributed by atoms with Gasteiger partial charge in [-0.15, -0.1) is 0 Å². The van der Waals surface area contributed by atoms with E-state index >= 15 is 0 Å². The van der Waals surface area contributed by atoms with Gasteiger partial charge in [0, 0.05) is 18.8 Å². The predicted molar refractivity (Wildman–Crippen MR) is 103 cm³/mol. The van der Waals surface area contributed by atoms with Crippen LogP contribution in [0.1, 0.15) is 32.9 Å². The number of nitrogens with two attached hydrogens (primary N) is 1. The number of carbonyl (C=O) groups is 1. The molecule has 1 atom stereocenters. The van der Waals surface area contributed by atoms with Gasteiger partial charge < -0.3 is 20.5 Å². The molecule has 0 spiro atoms. The van der Waals surface area contributed by atoms with Crippen LogP contribution in [-0.2, 0) is 0 Å². The number of carbonyl (C=O) groups excluding carboxylic acids is 1. The van der Waals surface area contributed by atoms with Crippen LogP contribution in [0.2, 0.25) is 0 Å². The van der Waals surface area contributed by atoms with Crippen LogP contribution in [0.25, 0.3) is 11.4 Å². The van der Waals surface area contributed by atoms with E-state index in [2.05, 4.69) is 34.1 Å². The van der Waals surface area contributed by atoms with Crippen LogP contribution >= 0.6 is 0 Å². The number of hydrogen-bond donors (Lipinski definition) is 2. The second-order valence-corrected chi connectivity index (χ2v) is 7.18. The Kier molecular flexibility index (Phi) is 6.68. The van der Waals surface area contributed by atoms with Gasteiger partial charge in [0.2, 0.25) is 0 Å². The van der Waals surface area contributed by atoms with Gasteiger partial charge in [-0.25, -0.2) is 14.8 Å². The molecule has 2 heterocycles. The Hall–Kier alpha value is -2.74. The van der Waals surface area contributed by atoms with Crippen molar-refractivity contribution in [1.82, 2.24) is 20.3 Å². The lowest BCUT2D eigenvalue weighted by Crippen LogP contribution is -2.43. The fraction of sp³-hybridized carbons (Fsp3) is 0.474. The van der Waals surface area contributed by atoms with E-state index in [1.54, 1.807) is 12.1 Å². The molecule has 27 heavy (non-hydrogen) atoms. The van der Waals surface area contributed by atoms with E-state index in [9.17, 15) is 4.79 Å². The molecule has 8 nitrogen and oxygen atoms in total. The van der Waals surface area contributed by atoms with Crippen molar-refractivity contribution < 1.29 is 14.3 Å². The van der Waals surface area contributed by atoms with Gasteiger partial charge >= 0.3 is 12.1 Å². The number of rotatable bonds is 7. The maximum Gasteiger partial charge on any atom is 0.414 e. The molecule has 0 aromatic carbocycles. The number of pyridine rings is 1. The Morgan fingerprint density at radius 2 is 1.96 bits per heavy atom. The lowest BCUT2D eigenvalue weighted by Gasteiger charge is -2.26. The summed E-state index contributed by atoms with van der Waals surface area (Å²) in [6.07, 6.45) is 1.74. The quantitative estimate of drug-likeness (QED) is 0.767. The number of aromatic nitrogens is 3. The highest BCUT2D eigenvalue weighted by Crippen LogP contribution is 2.24. The van der Waals surface area contributed by atoms with Gasteiger partial charge in [-0.1, -0.05) is 13.8 Å². The number of amides is 1. The van der Waals surface area contributed by atoms with Crippen LogP contribution in [0.5, 0.6) is 11.8 Å². The number of aryl methyl sites for hydroxylation is 1. The van der Waals surface area contributed by atoms with Crippen LogP contribution in [-0.4, -0.2) is 40.2 Å². The molecule has 2 aromatic heterocycles. The summed E-state index contributed by atoms with van der Waals surface area (Å²) in [5, 5.41) is 2.34. The number of hydrogen-bond acceptors (Lipinski definition) is 7. The molecule has 0 fully saturated rings. The molecule has 2 rings (SSSR count). The monoisotopic (exact) mass is 373 g/mol. The molecule has 0 radical (unpaired) electrons. The Labute approximate surface area is 159 Å². The molecule has 1 amide bonds. The summed E-state index contributed by atoms with van der Waals surface area (Å²) in [4.78, 5) is 23.9. The largest absolute Gasteiger partial charge is 0.490 e. The van der Waals surface area contributed by atoms with Gasteiger partial charge in [0.25, 0.3) is 0 Å².